The number of nitrogens with zero attached hydrogens (tertiary/aromatic N) is 5. The van der Waals surface area contributed by atoms with Crippen LogP contribution in [0.2, 0.25) is 0 Å². The minimum atomic E-state index is -0.103. The molecule has 2 N–H and O–H groups in total. The highest BCUT2D eigenvalue weighted by molar-refractivity contribution is 5.80. The molecule has 2 saturated carbocycles. The Morgan fingerprint density at radius 1 is 1.00 bits per heavy atom. The van der Waals surface area contributed by atoms with E-state index in [1.807, 2.05) is 24.3 Å². The third-order valence-corrected chi connectivity index (χ3v) is 6.22. The number of anilines is 2. The zero-order valence-electron chi connectivity index (χ0n) is 17.4. The average molecular weight is 429 g/mol. The molecule has 0 amide bonds. The monoisotopic (exact) mass is 429 g/mol. The second-order valence-corrected chi connectivity index (χ2v) is 8.58. The van der Waals surface area contributed by atoms with Gasteiger partial charge in [0, 0.05) is 36.6 Å². The number of nitrogens with one attached hydrogen (secondary N) is 2. The van der Waals surface area contributed by atoms with Crippen LogP contribution in [0.25, 0.3) is 16.5 Å². The van der Waals surface area contributed by atoms with Crippen LogP contribution >= 0.6 is 0 Å². The van der Waals surface area contributed by atoms with Crippen LogP contribution in [0.15, 0.2) is 58.4 Å². The van der Waals surface area contributed by atoms with Gasteiger partial charge in [-0.2, -0.15) is 4.98 Å². The zero-order valence-corrected chi connectivity index (χ0v) is 17.4. The zero-order chi connectivity index (χ0) is 21.5. The topological polar surface area (TPSA) is 111 Å². The van der Waals surface area contributed by atoms with Gasteiger partial charge in [0.25, 0.3) is 11.5 Å². The van der Waals surface area contributed by atoms with Crippen LogP contribution in [0, 0.1) is 0 Å². The molecule has 0 aliphatic heterocycles. The van der Waals surface area contributed by atoms with Crippen molar-refractivity contribution in [3.05, 3.63) is 65.3 Å². The quantitative estimate of drug-likeness (QED) is 0.479. The van der Waals surface area contributed by atoms with Gasteiger partial charge in [0.1, 0.15) is 5.82 Å². The van der Waals surface area contributed by atoms with Crippen molar-refractivity contribution in [2.24, 2.45) is 0 Å². The molecule has 2 atom stereocenters. The first kappa shape index (κ1) is 19.0. The minimum absolute atomic E-state index is 0.103. The van der Waals surface area contributed by atoms with Gasteiger partial charge >= 0.3 is 0 Å². The summed E-state index contributed by atoms with van der Waals surface area (Å²) >= 11 is 0. The van der Waals surface area contributed by atoms with E-state index in [2.05, 4.69) is 30.7 Å². The molecule has 9 heteroatoms. The Kier molecular flexibility index (Phi) is 4.59. The first-order valence-electron chi connectivity index (χ1n) is 11.0. The van der Waals surface area contributed by atoms with Gasteiger partial charge in [-0.05, 0) is 66.9 Å². The van der Waals surface area contributed by atoms with E-state index in [9.17, 15) is 4.79 Å². The standard InChI is InChI=1S/C23H23N7O2/c31-22-19-13-24-9-7-14(19)8-10-30(22)18-5-6-20(25-12-18)26-16-3-4-17(11-16)27-23-28-21(32-29-23)15-1-2-15/h5-10,12-13,15-17H,1-4,11H2,(H,25,26)(H,27,29)/t16-,17-/m0/s1. The molecule has 0 aromatic carbocycles. The van der Waals surface area contributed by atoms with Gasteiger partial charge in [0.15, 0.2) is 0 Å². The van der Waals surface area contributed by atoms with E-state index in [4.69, 9.17) is 4.52 Å². The molecule has 2 aliphatic rings. The second kappa shape index (κ2) is 7.74. The van der Waals surface area contributed by atoms with Gasteiger partial charge in [0.05, 0.1) is 17.3 Å². The second-order valence-electron chi connectivity index (χ2n) is 8.58. The third kappa shape index (κ3) is 3.70. The molecular weight excluding hydrogens is 406 g/mol. The van der Waals surface area contributed by atoms with E-state index < -0.39 is 0 Å². The van der Waals surface area contributed by atoms with Crippen LogP contribution in [0.3, 0.4) is 0 Å². The molecule has 4 aromatic rings. The molecule has 32 heavy (non-hydrogen) atoms. The highest BCUT2D eigenvalue weighted by atomic mass is 16.5. The Morgan fingerprint density at radius 2 is 1.88 bits per heavy atom. The van der Waals surface area contributed by atoms with Crippen LogP contribution in [0.4, 0.5) is 11.8 Å². The summed E-state index contributed by atoms with van der Waals surface area (Å²) in [6.45, 7) is 0. The molecule has 2 fully saturated rings. The van der Waals surface area contributed by atoms with E-state index in [0.717, 1.165) is 54.9 Å². The van der Waals surface area contributed by atoms with Crippen LogP contribution < -0.4 is 16.2 Å². The van der Waals surface area contributed by atoms with Crippen LogP contribution in [0.1, 0.15) is 43.9 Å². The molecule has 0 spiro atoms. The van der Waals surface area contributed by atoms with Gasteiger partial charge in [-0.3, -0.25) is 14.3 Å². The lowest BCUT2D eigenvalue weighted by Gasteiger charge is -2.15. The summed E-state index contributed by atoms with van der Waals surface area (Å²) in [5, 5.41) is 12.4. The molecule has 0 bridgehead atoms. The maximum absolute atomic E-state index is 12.8. The largest absolute Gasteiger partial charge is 0.367 e. The van der Waals surface area contributed by atoms with E-state index in [1.165, 1.54) is 0 Å². The van der Waals surface area contributed by atoms with Gasteiger partial charge in [0.2, 0.25) is 5.89 Å². The number of hydrogen-bond donors (Lipinski definition) is 2. The average Bonchev–Trinajstić information content (AvgIpc) is 3.42. The summed E-state index contributed by atoms with van der Waals surface area (Å²) < 4.78 is 6.92. The van der Waals surface area contributed by atoms with Crippen LogP contribution in [-0.4, -0.2) is 36.8 Å². The van der Waals surface area contributed by atoms with Gasteiger partial charge in [-0.15, -0.1) is 0 Å². The van der Waals surface area contributed by atoms with Crippen LogP contribution in [0.5, 0.6) is 0 Å². The number of hydrogen-bond acceptors (Lipinski definition) is 8. The summed E-state index contributed by atoms with van der Waals surface area (Å²) in [6.07, 6.45) is 12.1. The first-order chi connectivity index (χ1) is 15.7. The van der Waals surface area contributed by atoms with E-state index >= 15 is 0 Å². The molecule has 162 valence electrons. The number of fused-ring (bicyclic) bond motifs is 1. The summed E-state index contributed by atoms with van der Waals surface area (Å²) in [7, 11) is 0. The van der Waals surface area contributed by atoms with E-state index in [-0.39, 0.29) is 5.56 Å². The SMILES string of the molecule is O=c1c2cnccc2ccn1-c1ccc(N[C@H]2CC[C@H](Nc3noc(C4CC4)n3)C2)nc1. The predicted molar refractivity (Wildman–Crippen MR) is 120 cm³/mol. The van der Waals surface area contributed by atoms with Gasteiger partial charge < -0.3 is 15.2 Å². The highest BCUT2D eigenvalue weighted by Gasteiger charge is 2.31. The fraction of sp³-hybridized carbons (Fsp3) is 0.348. The summed E-state index contributed by atoms with van der Waals surface area (Å²) in [5.74, 6) is 2.61. The summed E-state index contributed by atoms with van der Waals surface area (Å²) in [6, 6.07) is 8.18. The van der Waals surface area contributed by atoms with Crippen molar-refractivity contribution in [1.29, 1.82) is 0 Å². The van der Waals surface area contributed by atoms with Crippen molar-refractivity contribution < 1.29 is 4.52 Å². The number of pyridine rings is 3. The number of rotatable bonds is 6. The Labute approximate surface area is 183 Å². The predicted octanol–water partition coefficient (Wildman–Crippen LogP) is 3.49. The van der Waals surface area contributed by atoms with E-state index in [0.29, 0.717) is 29.3 Å². The molecule has 4 aromatic heterocycles. The Morgan fingerprint density at radius 3 is 2.69 bits per heavy atom. The van der Waals surface area contributed by atoms with Crippen molar-refractivity contribution in [3.8, 4) is 5.69 Å². The summed E-state index contributed by atoms with van der Waals surface area (Å²) in [5.41, 5.74) is 0.620. The Balaban J connectivity index is 1.10. The van der Waals surface area contributed by atoms with E-state index in [1.54, 1.807) is 29.4 Å². The fourth-order valence-electron chi connectivity index (χ4n) is 4.32. The Bertz CT molecular complexity index is 1310. The van der Waals surface area contributed by atoms with Crippen molar-refractivity contribution in [2.75, 3.05) is 10.6 Å². The molecule has 4 heterocycles. The Hall–Kier alpha value is -3.75. The normalized spacial score (nSPS) is 20.5. The molecule has 0 saturated heterocycles. The molecule has 9 nitrogen and oxygen atoms in total. The van der Waals surface area contributed by atoms with Crippen LogP contribution in [-0.2, 0) is 0 Å². The minimum Gasteiger partial charge on any atom is -0.367 e. The molecule has 0 radical (unpaired) electrons. The highest BCUT2D eigenvalue weighted by Crippen LogP contribution is 2.39. The first-order valence-corrected chi connectivity index (χ1v) is 11.0. The lowest BCUT2D eigenvalue weighted by molar-refractivity contribution is 0.379. The van der Waals surface area contributed by atoms with Gasteiger partial charge in [-0.25, -0.2) is 4.98 Å². The maximum Gasteiger partial charge on any atom is 0.264 e. The summed E-state index contributed by atoms with van der Waals surface area (Å²) in [4.78, 5) is 25.8. The smallest absolute Gasteiger partial charge is 0.264 e. The van der Waals surface area contributed by atoms with Gasteiger partial charge in [-0.1, -0.05) is 0 Å². The molecular formula is C23H23N7O2. The third-order valence-electron chi connectivity index (χ3n) is 6.22. The molecule has 6 rings (SSSR count). The maximum atomic E-state index is 12.8. The number of aromatic nitrogens is 5. The molecule has 2 aliphatic carbocycles. The lowest BCUT2D eigenvalue weighted by Crippen LogP contribution is -2.22. The van der Waals surface area contributed by atoms with Crippen molar-refractivity contribution in [1.82, 2.24) is 24.7 Å². The van der Waals surface area contributed by atoms with Crippen molar-refractivity contribution in [2.45, 2.75) is 50.1 Å². The van der Waals surface area contributed by atoms with Crippen molar-refractivity contribution >= 4 is 22.5 Å². The lowest BCUT2D eigenvalue weighted by atomic mass is 10.2. The van der Waals surface area contributed by atoms with Crippen molar-refractivity contribution in [3.63, 3.8) is 0 Å². The molecule has 0 unspecified atom stereocenters. The fourth-order valence-corrected chi connectivity index (χ4v) is 4.32.